The van der Waals surface area contributed by atoms with Gasteiger partial charge in [-0.2, -0.15) is 5.10 Å². The Labute approximate surface area is 150 Å². The Morgan fingerprint density at radius 2 is 1.96 bits per heavy atom. The number of nitrogens with zero attached hydrogens (tertiary/aromatic N) is 4. The maximum Gasteiger partial charge on any atom is 0.263 e. The number of sulfonamides is 1. The van der Waals surface area contributed by atoms with E-state index in [4.69, 9.17) is 0 Å². The van der Waals surface area contributed by atoms with Crippen LogP contribution in [0.5, 0.6) is 0 Å². The van der Waals surface area contributed by atoms with Gasteiger partial charge in [-0.3, -0.25) is 9.52 Å². The van der Waals surface area contributed by atoms with E-state index in [9.17, 15) is 13.2 Å². The summed E-state index contributed by atoms with van der Waals surface area (Å²) >= 11 is 0. The maximum atomic E-state index is 12.5. The number of rotatable bonds is 6. The number of aromatic nitrogens is 4. The fraction of sp³-hybridized carbons (Fsp3) is 0.125. The molecule has 2 aromatic heterocycles. The molecule has 0 aliphatic heterocycles. The molecular formula is C16H16N6O3S. The molecule has 1 amide bonds. The molecule has 0 saturated heterocycles. The minimum Gasteiger partial charge on any atom is -0.326 e. The van der Waals surface area contributed by atoms with Crippen LogP contribution < -0.4 is 10.0 Å². The van der Waals surface area contributed by atoms with Gasteiger partial charge in [0.25, 0.3) is 10.0 Å². The van der Waals surface area contributed by atoms with Crippen molar-refractivity contribution in [3.05, 3.63) is 55.1 Å². The molecule has 3 rings (SSSR count). The van der Waals surface area contributed by atoms with Gasteiger partial charge in [-0.15, -0.1) is 0 Å². The third-order valence-electron chi connectivity index (χ3n) is 3.40. The van der Waals surface area contributed by atoms with E-state index < -0.39 is 10.0 Å². The number of hydrogen-bond donors (Lipinski definition) is 2. The van der Waals surface area contributed by atoms with Crippen molar-refractivity contribution in [1.82, 2.24) is 19.7 Å². The quantitative estimate of drug-likeness (QED) is 0.681. The van der Waals surface area contributed by atoms with Gasteiger partial charge < -0.3 is 5.32 Å². The van der Waals surface area contributed by atoms with Crippen molar-refractivity contribution in [2.75, 3.05) is 10.0 Å². The first-order valence-corrected chi connectivity index (χ1v) is 9.21. The zero-order valence-corrected chi connectivity index (χ0v) is 14.6. The molecule has 0 atom stereocenters. The molecule has 26 heavy (non-hydrogen) atoms. The molecule has 0 spiro atoms. The monoisotopic (exact) mass is 372 g/mol. The highest BCUT2D eigenvalue weighted by Crippen LogP contribution is 2.18. The summed E-state index contributed by atoms with van der Waals surface area (Å²) in [5, 5.41) is 6.70. The number of carbonyl (C=O) groups is 1. The van der Waals surface area contributed by atoms with E-state index in [1.165, 1.54) is 41.3 Å². The second kappa shape index (κ2) is 7.31. The van der Waals surface area contributed by atoms with Gasteiger partial charge in [-0.25, -0.2) is 23.1 Å². The normalized spacial score (nSPS) is 11.1. The number of nitrogens with one attached hydrogen (secondary N) is 2. The zero-order valence-electron chi connectivity index (χ0n) is 13.8. The third kappa shape index (κ3) is 4.03. The summed E-state index contributed by atoms with van der Waals surface area (Å²) in [7, 11) is -3.83. The number of hydrogen-bond acceptors (Lipinski definition) is 6. The molecule has 10 heteroatoms. The summed E-state index contributed by atoms with van der Waals surface area (Å²) in [6.07, 6.45) is 4.86. The first-order valence-electron chi connectivity index (χ1n) is 7.73. The molecule has 0 aliphatic rings. The summed E-state index contributed by atoms with van der Waals surface area (Å²) in [6.45, 7) is 1.73. The maximum absolute atomic E-state index is 12.5. The van der Waals surface area contributed by atoms with Crippen molar-refractivity contribution in [3.63, 3.8) is 0 Å². The molecule has 3 aromatic rings. The minimum absolute atomic E-state index is 0.0475. The van der Waals surface area contributed by atoms with E-state index in [1.807, 2.05) is 0 Å². The van der Waals surface area contributed by atoms with Gasteiger partial charge in [-0.1, -0.05) is 6.92 Å². The van der Waals surface area contributed by atoms with Crippen LogP contribution in [0.4, 0.5) is 11.5 Å². The van der Waals surface area contributed by atoms with Crippen molar-refractivity contribution in [2.24, 2.45) is 0 Å². The molecule has 0 bridgehead atoms. The average Bonchev–Trinajstić information content (AvgIpc) is 3.16. The van der Waals surface area contributed by atoms with Crippen molar-refractivity contribution in [2.45, 2.75) is 18.2 Å². The third-order valence-corrected chi connectivity index (χ3v) is 4.77. The second-order valence-electron chi connectivity index (χ2n) is 5.24. The molecule has 0 aliphatic carbocycles. The highest BCUT2D eigenvalue weighted by Gasteiger charge is 2.15. The van der Waals surface area contributed by atoms with E-state index in [2.05, 4.69) is 25.1 Å². The van der Waals surface area contributed by atoms with Gasteiger partial charge in [0.15, 0.2) is 5.82 Å². The molecule has 9 nitrogen and oxygen atoms in total. The van der Waals surface area contributed by atoms with Crippen LogP contribution >= 0.6 is 0 Å². The predicted molar refractivity (Wildman–Crippen MR) is 95.3 cm³/mol. The Morgan fingerprint density at radius 1 is 1.19 bits per heavy atom. The highest BCUT2D eigenvalue weighted by molar-refractivity contribution is 7.92. The van der Waals surface area contributed by atoms with Crippen molar-refractivity contribution in [3.8, 4) is 5.82 Å². The lowest BCUT2D eigenvalue weighted by Crippen LogP contribution is -2.15. The molecule has 0 saturated carbocycles. The second-order valence-corrected chi connectivity index (χ2v) is 6.93. The van der Waals surface area contributed by atoms with Crippen LogP contribution in [0.25, 0.3) is 5.82 Å². The van der Waals surface area contributed by atoms with Gasteiger partial charge in [0.05, 0.1) is 4.90 Å². The van der Waals surface area contributed by atoms with E-state index in [1.54, 1.807) is 25.4 Å². The fourth-order valence-electron chi connectivity index (χ4n) is 2.10. The summed E-state index contributed by atoms with van der Waals surface area (Å²) in [6, 6.07) is 9.06. The van der Waals surface area contributed by atoms with Crippen molar-refractivity contribution in [1.29, 1.82) is 0 Å². The lowest BCUT2D eigenvalue weighted by Gasteiger charge is -2.09. The molecule has 0 radical (unpaired) electrons. The summed E-state index contributed by atoms with van der Waals surface area (Å²) in [5.74, 6) is 0.403. The Balaban J connectivity index is 1.79. The van der Waals surface area contributed by atoms with E-state index in [-0.39, 0.29) is 16.6 Å². The van der Waals surface area contributed by atoms with E-state index >= 15 is 0 Å². The average molecular weight is 372 g/mol. The van der Waals surface area contributed by atoms with Gasteiger partial charge in [0.2, 0.25) is 5.91 Å². The van der Waals surface area contributed by atoms with Gasteiger partial charge in [0, 0.05) is 30.6 Å². The molecule has 1 aromatic carbocycles. The van der Waals surface area contributed by atoms with Crippen LogP contribution in [0, 0.1) is 0 Å². The molecule has 2 N–H and O–H groups in total. The summed E-state index contributed by atoms with van der Waals surface area (Å²) in [5.41, 5.74) is 0.527. The van der Waals surface area contributed by atoms with Crippen LogP contribution in [0.1, 0.15) is 13.3 Å². The zero-order chi connectivity index (χ0) is 18.6. The van der Waals surface area contributed by atoms with Gasteiger partial charge in [-0.05, 0) is 30.3 Å². The SMILES string of the molecule is CCC(=O)Nc1ccc(S(=O)(=O)Nc2cc(-n3cccn3)ncn2)cc1. The van der Waals surface area contributed by atoms with Crippen LogP contribution in [0.2, 0.25) is 0 Å². The van der Waals surface area contributed by atoms with Crippen LogP contribution in [0.3, 0.4) is 0 Å². The highest BCUT2D eigenvalue weighted by atomic mass is 32.2. The van der Waals surface area contributed by atoms with E-state index in [0.717, 1.165) is 0 Å². The van der Waals surface area contributed by atoms with Crippen LogP contribution in [-0.2, 0) is 14.8 Å². The van der Waals surface area contributed by atoms with Crippen molar-refractivity contribution >= 4 is 27.4 Å². The lowest BCUT2D eigenvalue weighted by molar-refractivity contribution is -0.115. The molecule has 0 fully saturated rings. The topological polar surface area (TPSA) is 119 Å². The fourth-order valence-corrected chi connectivity index (χ4v) is 3.10. The lowest BCUT2D eigenvalue weighted by atomic mass is 10.3. The Kier molecular flexibility index (Phi) is 4.94. The predicted octanol–water partition coefficient (Wildman–Crippen LogP) is 1.81. The van der Waals surface area contributed by atoms with E-state index in [0.29, 0.717) is 17.9 Å². The first kappa shape index (κ1) is 17.5. The molecule has 134 valence electrons. The number of anilines is 2. The standard InChI is InChI=1S/C16H16N6O3S/c1-2-16(23)20-12-4-6-13(7-5-12)26(24,25)21-14-10-15(18-11-17-14)22-9-3-8-19-22/h3-11H,2H2,1H3,(H,20,23)(H,17,18,21). The molecular weight excluding hydrogens is 356 g/mol. The largest absolute Gasteiger partial charge is 0.326 e. The Hall–Kier alpha value is -3.27. The Morgan fingerprint density at radius 3 is 2.62 bits per heavy atom. The molecule has 0 unspecified atom stereocenters. The van der Waals surface area contributed by atoms with Crippen molar-refractivity contribution < 1.29 is 13.2 Å². The smallest absolute Gasteiger partial charge is 0.263 e. The number of benzene rings is 1. The first-order chi connectivity index (χ1) is 12.5. The summed E-state index contributed by atoms with van der Waals surface area (Å²) in [4.78, 5) is 19.4. The van der Waals surface area contributed by atoms with Crippen LogP contribution in [0.15, 0.2) is 60.0 Å². The van der Waals surface area contributed by atoms with Crippen LogP contribution in [-0.4, -0.2) is 34.1 Å². The number of amides is 1. The minimum atomic E-state index is -3.83. The number of carbonyl (C=O) groups excluding carboxylic acids is 1. The summed E-state index contributed by atoms with van der Waals surface area (Å²) < 4.78 is 28.9. The van der Waals surface area contributed by atoms with Gasteiger partial charge in [0.1, 0.15) is 12.1 Å². The van der Waals surface area contributed by atoms with Gasteiger partial charge >= 0.3 is 0 Å². The Bertz CT molecular complexity index is 1000. The molecule has 2 heterocycles.